The van der Waals surface area contributed by atoms with Crippen molar-refractivity contribution >= 4 is 15.7 Å². The molecule has 1 aromatic carbocycles. The van der Waals surface area contributed by atoms with E-state index in [2.05, 4.69) is 11.8 Å². The SMILES string of the molecule is CCCN1CCN(S(=O)(=O)c2cc(N)cc(F)c2C)CC1. The van der Waals surface area contributed by atoms with E-state index in [1.807, 2.05) is 0 Å². The van der Waals surface area contributed by atoms with Gasteiger partial charge in [0.15, 0.2) is 0 Å². The highest BCUT2D eigenvalue weighted by Crippen LogP contribution is 2.25. The Labute approximate surface area is 125 Å². The molecule has 1 fully saturated rings. The van der Waals surface area contributed by atoms with Crippen LogP contribution < -0.4 is 5.73 Å². The summed E-state index contributed by atoms with van der Waals surface area (Å²) < 4.78 is 40.5. The molecule has 0 aliphatic carbocycles. The first-order chi connectivity index (χ1) is 9.86. The molecule has 0 unspecified atom stereocenters. The lowest BCUT2D eigenvalue weighted by molar-refractivity contribution is 0.188. The maximum Gasteiger partial charge on any atom is 0.243 e. The van der Waals surface area contributed by atoms with Gasteiger partial charge in [0.2, 0.25) is 10.0 Å². The van der Waals surface area contributed by atoms with Gasteiger partial charge in [0.05, 0.1) is 4.90 Å². The van der Waals surface area contributed by atoms with Crippen LogP contribution in [0.15, 0.2) is 17.0 Å². The molecule has 0 amide bonds. The van der Waals surface area contributed by atoms with Gasteiger partial charge in [0.1, 0.15) is 5.82 Å². The van der Waals surface area contributed by atoms with Crippen LogP contribution in [0, 0.1) is 12.7 Å². The summed E-state index contributed by atoms with van der Waals surface area (Å²) in [5.74, 6) is -0.585. The molecule has 2 N–H and O–H groups in total. The number of nitrogens with zero attached hydrogens (tertiary/aromatic N) is 2. The molecule has 0 aromatic heterocycles. The zero-order valence-corrected chi connectivity index (χ0v) is 13.3. The molecular weight excluding hydrogens is 293 g/mol. The molecule has 1 heterocycles. The van der Waals surface area contributed by atoms with Gasteiger partial charge in [0.25, 0.3) is 0 Å². The number of halogens is 1. The summed E-state index contributed by atoms with van der Waals surface area (Å²) in [5.41, 5.74) is 5.84. The van der Waals surface area contributed by atoms with Crippen LogP contribution in [-0.2, 0) is 10.0 Å². The van der Waals surface area contributed by atoms with E-state index >= 15 is 0 Å². The molecular formula is C14H22FN3O2S. The second kappa shape index (κ2) is 6.29. The number of hydrogen-bond acceptors (Lipinski definition) is 4. The molecule has 118 valence electrons. The Hall–Kier alpha value is -1.18. The first-order valence-electron chi connectivity index (χ1n) is 7.14. The van der Waals surface area contributed by atoms with Gasteiger partial charge in [-0.05, 0) is 32.0 Å². The minimum absolute atomic E-state index is 0.0241. The monoisotopic (exact) mass is 315 g/mol. The molecule has 5 nitrogen and oxygen atoms in total. The molecule has 1 aliphatic heterocycles. The highest BCUT2D eigenvalue weighted by atomic mass is 32.2. The van der Waals surface area contributed by atoms with Gasteiger partial charge in [-0.3, -0.25) is 0 Å². The molecule has 1 aliphatic rings. The summed E-state index contributed by atoms with van der Waals surface area (Å²) in [6.07, 6.45) is 1.05. The summed E-state index contributed by atoms with van der Waals surface area (Å²) in [4.78, 5) is 2.21. The predicted octanol–water partition coefficient (Wildman–Crippen LogP) is 1.43. The maximum absolute atomic E-state index is 13.7. The quantitative estimate of drug-likeness (QED) is 0.854. The molecule has 7 heteroatoms. The summed E-state index contributed by atoms with van der Waals surface area (Å²) in [7, 11) is -3.69. The van der Waals surface area contributed by atoms with E-state index in [9.17, 15) is 12.8 Å². The van der Waals surface area contributed by atoms with Crippen molar-refractivity contribution < 1.29 is 12.8 Å². The second-order valence-corrected chi connectivity index (χ2v) is 7.28. The fraction of sp³-hybridized carbons (Fsp3) is 0.571. The van der Waals surface area contributed by atoms with Crippen LogP contribution >= 0.6 is 0 Å². The van der Waals surface area contributed by atoms with Crippen LogP contribution in [0.25, 0.3) is 0 Å². The number of benzene rings is 1. The van der Waals surface area contributed by atoms with Crippen LogP contribution in [0.1, 0.15) is 18.9 Å². The zero-order chi connectivity index (χ0) is 15.6. The van der Waals surface area contributed by atoms with E-state index in [1.165, 1.54) is 17.3 Å². The van der Waals surface area contributed by atoms with Crippen LogP contribution in [0.3, 0.4) is 0 Å². The molecule has 2 rings (SSSR count). The first-order valence-corrected chi connectivity index (χ1v) is 8.58. The van der Waals surface area contributed by atoms with E-state index < -0.39 is 15.8 Å². The van der Waals surface area contributed by atoms with Crippen molar-refractivity contribution in [3.05, 3.63) is 23.5 Å². The van der Waals surface area contributed by atoms with E-state index in [4.69, 9.17) is 5.73 Å². The van der Waals surface area contributed by atoms with Gasteiger partial charge in [-0.15, -0.1) is 0 Å². The third kappa shape index (κ3) is 3.36. The molecule has 1 aromatic rings. The number of sulfonamides is 1. The van der Waals surface area contributed by atoms with E-state index in [0.29, 0.717) is 26.2 Å². The van der Waals surface area contributed by atoms with Crippen LogP contribution in [-0.4, -0.2) is 50.3 Å². The standard InChI is InChI=1S/C14H22FN3O2S/c1-3-4-17-5-7-18(8-6-17)21(19,20)14-10-12(16)9-13(15)11(14)2/h9-10H,3-8,16H2,1-2H3. The lowest BCUT2D eigenvalue weighted by atomic mass is 10.2. The number of nitrogen functional groups attached to an aromatic ring is 1. The van der Waals surface area contributed by atoms with Gasteiger partial charge >= 0.3 is 0 Å². The van der Waals surface area contributed by atoms with Crippen LogP contribution in [0.2, 0.25) is 0 Å². The molecule has 0 saturated carbocycles. The molecule has 0 bridgehead atoms. The number of hydrogen-bond donors (Lipinski definition) is 1. The number of rotatable bonds is 4. The summed E-state index contributed by atoms with van der Waals surface area (Å²) in [6.45, 7) is 6.81. The average molecular weight is 315 g/mol. The Morgan fingerprint density at radius 3 is 2.43 bits per heavy atom. The van der Waals surface area contributed by atoms with Crippen molar-refractivity contribution in [2.75, 3.05) is 38.5 Å². The molecule has 0 spiro atoms. The second-order valence-electron chi connectivity index (χ2n) is 5.37. The lowest BCUT2D eigenvalue weighted by Crippen LogP contribution is -2.48. The minimum atomic E-state index is -3.69. The van der Waals surface area contributed by atoms with Crippen molar-refractivity contribution in [2.45, 2.75) is 25.2 Å². The highest BCUT2D eigenvalue weighted by molar-refractivity contribution is 7.89. The lowest BCUT2D eigenvalue weighted by Gasteiger charge is -2.34. The third-order valence-electron chi connectivity index (χ3n) is 3.81. The number of anilines is 1. The van der Waals surface area contributed by atoms with E-state index in [-0.39, 0.29) is 16.1 Å². The smallest absolute Gasteiger partial charge is 0.243 e. The Kier molecular flexibility index (Phi) is 4.85. The van der Waals surface area contributed by atoms with Gasteiger partial charge < -0.3 is 10.6 Å². The van der Waals surface area contributed by atoms with Gasteiger partial charge in [-0.25, -0.2) is 12.8 Å². The Bertz CT molecular complexity index is 611. The van der Waals surface area contributed by atoms with Gasteiger partial charge in [0, 0.05) is 37.4 Å². The Morgan fingerprint density at radius 2 is 1.86 bits per heavy atom. The maximum atomic E-state index is 13.7. The zero-order valence-electron chi connectivity index (χ0n) is 12.5. The Balaban J connectivity index is 2.24. The largest absolute Gasteiger partial charge is 0.399 e. The minimum Gasteiger partial charge on any atom is -0.399 e. The summed E-state index contributed by atoms with van der Waals surface area (Å²) >= 11 is 0. The van der Waals surface area contributed by atoms with Crippen LogP contribution in [0.5, 0.6) is 0 Å². The highest BCUT2D eigenvalue weighted by Gasteiger charge is 2.30. The van der Waals surface area contributed by atoms with Crippen molar-refractivity contribution in [1.82, 2.24) is 9.21 Å². The average Bonchev–Trinajstić information content (AvgIpc) is 2.43. The van der Waals surface area contributed by atoms with Crippen molar-refractivity contribution in [2.24, 2.45) is 0 Å². The van der Waals surface area contributed by atoms with Crippen molar-refractivity contribution in [1.29, 1.82) is 0 Å². The molecule has 0 radical (unpaired) electrons. The van der Waals surface area contributed by atoms with Crippen molar-refractivity contribution in [3.63, 3.8) is 0 Å². The fourth-order valence-corrected chi connectivity index (χ4v) is 4.28. The molecule has 0 atom stereocenters. The van der Waals surface area contributed by atoms with E-state index in [1.54, 1.807) is 0 Å². The third-order valence-corrected chi connectivity index (χ3v) is 5.83. The predicted molar refractivity (Wildman–Crippen MR) is 81.0 cm³/mol. The van der Waals surface area contributed by atoms with Crippen molar-refractivity contribution in [3.8, 4) is 0 Å². The van der Waals surface area contributed by atoms with Gasteiger partial charge in [-0.2, -0.15) is 4.31 Å². The van der Waals surface area contributed by atoms with Gasteiger partial charge in [-0.1, -0.05) is 6.92 Å². The first kappa shape index (κ1) is 16.2. The fourth-order valence-electron chi connectivity index (χ4n) is 2.59. The molecule has 21 heavy (non-hydrogen) atoms. The van der Waals surface area contributed by atoms with Crippen LogP contribution in [0.4, 0.5) is 10.1 Å². The number of nitrogens with two attached hydrogens (primary N) is 1. The summed E-state index contributed by atoms with van der Waals surface area (Å²) in [6, 6.07) is 2.49. The number of piperazine rings is 1. The molecule has 1 saturated heterocycles. The normalized spacial score (nSPS) is 18.0. The van der Waals surface area contributed by atoms with E-state index in [0.717, 1.165) is 19.0 Å². The summed E-state index contributed by atoms with van der Waals surface area (Å²) in [5, 5.41) is 0. The Morgan fingerprint density at radius 1 is 1.24 bits per heavy atom. The topological polar surface area (TPSA) is 66.6 Å².